The number of nitrogens with one attached hydrogen (secondary N) is 4. The molecular formula is C29H43N7O14. The number of methoxy groups -OCH3 is 1. The standard InChI is InChI=1S/C29H43N7O14/c1-12(38)34-16-21(17(39)15(10-37)48-27(16)45)49-28-20(42)18(40)19(41)22(50-28)25(43)31-8-5-4-6-14(26(44)47-3)35-29(46)36-9-7-13-23(30-2)32-11-33-24(13)36/h7,9,11,14-22,27-28,37,39-42,45H,4-6,8,10H2,1-3H3,(H,31,43)(H,34,38)(H,35,46)(H,30,32,33)/t14-,15?,16?,17?,18?,19?,20?,21?,22?,27?,28?/m0/s1. The van der Waals surface area contributed by atoms with E-state index in [0.717, 1.165) is 6.92 Å². The molecule has 50 heavy (non-hydrogen) atoms. The van der Waals surface area contributed by atoms with Gasteiger partial charge in [0.05, 0.1) is 19.1 Å². The molecule has 0 bridgehead atoms. The van der Waals surface area contributed by atoms with Crippen LogP contribution in [0.2, 0.25) is 0 Å². The summed E-state index contributed by atoms with van der Waals surface area (Å²) in [7, 11) is 2.84. The number of unbranched alkanes of at least 4 members (excludes halogenated alkanes) is 1. The maximum Gasteiger partial charge on any atom is 0.328 e. The van der Waals surface area contributed by atoms with Gasteiger partial charge in [-0.1, -0.05) is 0 Å². The first-order valence-corrected chi connectivity index (χ1v) is 15.7. The fourth-order valence-corrected chi connectivity index (χ4v) is 5.68. The number of nitrogens with zero attached hydrogens (tertiary/aromatic N) is 3. The molecule has 4 rings (SSSR count). The summed E-state index contributed by atoms with van der Waals surface area (Å²) < 4.78 is 22.3. The lowest BCUT2D eigenvalue weighted by Gasteiger charge is -2.46. The van der Waals surface area contributed by atoms with E-state index in [1.54, 1.807) is 13.1 Å². The zero-order chi connectivity index (χ0) is 36.7. The lowest BCUT2D eigenvalue weighted by Crippen LogP contribution is -2.68. The third kappa shape index (κ3) is 8.62. The summed E-state index contributed by atoms with van der Waals surface area (Å²) in [5.41, 5.74) is 0.314. The summed E-state index contributed by atoms with van der Waals surface area (Å²) in [4.78, 5) is 58.4. The Morgan fingerprint density at radius 3 is 2.42 bits per heavy atom. The van der Waals surface area contributed by atoms with Gasteiger partial charge in [-0.2, -0.15) is 0 Å². The number of aromatic nitrogens is 3. The Labute approximate surface area is 284 Å². The molecule has 278 valence electrons. The van der Waals surface area contributed by atoms with Crippen molar-refractivity contribution >= 4 is 40.7 Å². The molecule has 21 heteroatoms. The van der Waals surface area contributed by atoms with Crippen LogP contribution >= 0.6 is 0 Å². The number of esters is 1. The van der Waals surface area contributed by atoms with Gasteiger partial charge in [-0.3, -0.25) is 14.2 Å². The number of hydrogen-bond donors (Lipinski definition) is 10. The molecule has 3 amide bonds. The molecule has 2 aromatic rings. The average molecular weight is 714 g/mol. The van der Waals surface area contributed by atoms with E-state index in [9.17, 15) is 49.8 Å². The van der Waals surface area contributed by atoms with Crippen LogP contribution in [0.4, 0.5) is 10.6 Å². The second-order valence-corrected chi connectivity index (χ2v) is 11.7. The molecule has 0 saturated carbocycles. The van der Waals surface area contributed by atoms with Crippen LogP contribution < -0.4 is 21.3 Å². The fourth-order valence-electron chi connectivity index (χ4n) is 5.68. The van der Waals surface area contributed by atoms with Gasteiger partial charge < -0.3 is 70.9 Å². The Kier molecular flexibility index (Phi) is 13.4. The van der Waals surface area contributed by atoms with E-state index >= 15 is 0 Å². The van der Waals surface area contributed by atoms with E-state index in [1.165, 1.54) is 24.2 Å². The third-order valence-corrected chi connectivity index (χ3v) is 8.30. The summed E-state index contributed by atoms with van der Waals surface area (Å²) in [6.45, 7) is 0.361. The van der Waals surface area contributed by atoms with Gasteiger partial charge in [-0.25, -0.2) is 19.6 Å². The van der Waals surface area contributed by atoms with Crippen LogP contribution in [0.15, 0.2) is 18.6 Å². The van der Waals surface area contributed by atoms with Gasteiger partial charge in [0.2, 0.25) is 5.91 Å². The molecule has 10 unspecified atom stereocenters. The van der Waals surface area contributed by atoms with Crippen molar-refractivity contribution in [1.82, 2.24) is 30.5 Å². The van der Waals surface area contributed by atoms with Crippen LogP contribution in [-0.4, -0.2) is 164 Å². The molecule has 2 aliphatic rings. The molecule has 11 atom stereocenters. The summed E-state index contributed by atoms with van der Waals surface area (Å²) in [6.07, 6.45) is -12.3. The Balaban J connectivity index is 1.33. The predicted octanol–water partition coefficient (Wildman–Crippen LogP) is -4.37. The lowest BCUT2D eigenvalue weighted by molar-refractivity contribution is -0.335. The van der Waals surface area contributed by atoms with Gasteiger partial charge in [0.25, 0.3) is 5.91 Å². The van der Waals surface area contributed by atoms with Crippen molar-refractivity contribution in [3.63, 3.8) is 0 Å². The van der Waals surface area contributed by atoms with E-state index in [0.29, 0.717) is 23.3 Å². The second-order valence-electron chi connectivity index (χ2n) is 11.7. The van der Waals surface area contributed by atoms with E-state index in [-0.39, 0.29) is 19.4 Å². The first-order chi connectivity index (χ1) is 23.8. The topological polar surface area (TPSA) is 305 Å². The average Bonchev–Trinajstić information content (AvgIpc) is 3.54. The van der Waals surface area contributed by atoms with E-state index < -0.39 is 97.8 Å². The molecule has 0 spiro atoms. The lowest BCUT2D eigenvalue weighted by atomic mass is 9.95. The number of aliphatic hydroxyl groups excluding tert-OH is 6. The van der Waals surface area contributed by atoms with Crippen LogP contribution in [0.25, 0.3) is 11.0 Å². The monoisotopic (exact) mass is 713 g/mol. The van der Waals surface area contributed by atoms with Crippen molar-refractivity contribution in [2.45, 2.75) is 93.6 Å². The molecule has 4 heterocycles. The zero-order valence-corrected chi connectivity index (χ0v) is 27.4. The number of carbonyl (C=O) groups is 4. The number of fused-ring (bicyclic) bond motifs is 1. The maximum absolute atomic E-state index is 13.0. The van der Waals surface area contributed by atoms with Crippen molar-refractivity contribution < 1.29 is 68.8 Å². The largest absolute Gasteiger partial charge is 0.467 e. The van der Waals surface area contributed by atoms with E-state index in [4.69, 9.17) is 18.9 Å². The van der Waals surface area contributed by atoms with Gasteiger partial charge in [0.15, 0.2) is 24.3 Å². The molecular weight excluding hydrogens is 670 g/mol. The molecule has 2 aromatic heterocycles. The van der Waals surface area contributed by atoms with Crippen LogP contribution in [0.1, 0.15) is 26.2 Å². The molecule has 0 radical (unpaired) electrons. The van der Waals surface area contributed by atoms with Crippen molar-refractivity contribution in [2.75, 3.05) is 32.6 Å². The van der Waals surface area contributed by atoms with E-state index in [2.05, 4.69) is 31.2 Å². The number of aliphatic hydroxyl groups is 6. The van der Waals surface area contributed by atoms with Crippen LogP contribution in [0.5, 0.6) is 0 Å². The highest BCUT2D eigenvalue weighted by Gasteiger charge is 2.52. The predicted molar refractivity (Wildman–Crippen MR) is 167 cm³/mol. The van der Waals surface area contributed by atoms with Crippen molar-refractivity contribution in [2.24, 2.45) is 0 Å². The molecule has 2 saturated heterocycles. The quantitative estimate of drug-likeness (QED) is 0.0692. The molecule has 0 aromatic carbocycles. The summed E-state index contributed by atoms with van der Waals surface area (Å²) in [5, 5.41) is 73.1. The maximum atomic E-state index is 13.0. The Bertz CT molecular complexity index is 1500. The Hall–Kier alpha value is -4.06. The smallest absolute Gasteiger partial charge is 0.328 e. The molecule has 21 nitrogen and oxygen atoms in total. The van der Waals surface area contributed by atoms with Crippen LogP contribution in [0.3, 0.4) is 0 Å². The minimum absolute atomic E-state index is 0.00294. The number of anilines is 1. The summed E-state index contributed by atoms with van der Waals surface area (Å²) in [5.74, 6) is -1.74. The van der Waals surface area contributed by atoms with Crippen LogP contribution in [-0.2, 0) is 33.3 Å². The third-order valence-electron chi connectivity index (χ3n) is 8.30. The Morgan fingerprint density at radius 2 is 1.76 bits per heavy atom. The molecule has 10 N–H and O–H groups in total. The van der Waals surface area contributed by atoms with Crippen molar-refractivity contribution in [3.8, 4) is 0 Å². The summed E-state index contributed by atoms with van der Waals surface area (Å²) in [6, 6.07) is -1.46. The van der Waals surface area contributed by atoms with E-state index in [1.807, 2.05) is 0 Å². The van der Waals surface area contributed by atoms with Gasteiger partial charge in [-0.05, 0) is 25.3 Å². The fraction of sp³-hybridized carbons (Fsp3) is 0.655. The minimum atomic E-state index is -1.96. The number of carbonyl (C=O) groups excluding carboxylic acids is 4. The van der Waals surface area contributed by atoms with Crippen molar-refractivity contribution in [3.05, 3.63) is 18.6 Å². The van der Waals surface area contributed by atoms with Crippen molar-refractivity contribution in [1.29, 1.82) is 0 Å². The van der Waals surface area contributed by atoms with Gasteiger partial charge in [0, 0.05) is 26.7 Å². The molecule has 2 aliphatic heterocycles. The molecule has 2 fully saturated rings. The number of hydrogen-bond acceptors (Lipinski definition) is 17. The van der Waals surface area contributed by atoms with Crippen LogP contribution in [0, 0.1) is 0 Å². The van der Waals surface area contributed by atoms with Gasteiger partial charge in [0.1, 0.15) is 60.9 Å². The molecule has 0 aliphatic carbocycles. The Morgan fingerprint density at radius 1 is 1.02 bits per heavy atom. The first-order valence-electron chi connectivity index (χ1n) is 15.7. The number of rotatable bonds is 13. The highest BCUT2D eigenvalue weighted by atomic mass is 16.7. The van der Waals surface area contributed by atoms with Gasteiger partial charge >= 0.3 is 12.0 Å². The number of ether oxygens (including phenoxy) is 4. The van der Waals surface area contributed by atoms with Gasteiger partial charge in [-0.15, -0.1) is 0 Å². The summed E-state index contributed by atoms with van der Waals surface area (Å²) >= 11 is 0. The first kappa shape index (κ1) is 38.7. The zero-order valence-electron chi connectivity index (χ0n) is 27.4. The second kappa shape index (κ2) is 17.2. The highest BCUT2D eigenvalue weighted by molar-refractivity contribution is 5.95. The SMILES string of the molecule is CNc1ncnc2c1ccn2C(=O)N[C@@H](CCCCNC(=O)C1OC(OC2C(O)C(CO)OC(O)C2NC(C)=O)C(O)C(O)C1O)C(=O)OC. The minimum Gasteiger partial charge on any atom is -0.467 e. The normalized spacial score (nSPS) is 30.3. The number of amides is 3. The highest BCUT2D eigenvalue weighted by Crippen LogP contribution is 2.29.